The highest BCUT2D eigenvalue weighted by molar-refractivity contribution is 14.0. The fourth-order valence-electron chi connectivity index (χ4n) is 2.95. The van der Waals surface area contributed by atoms with Gasteiger partial charge in [0.05, 0.1) is 18.9 Å². The van der Waals surface area contributed by atoms with Gasteiger partial charge in [0.15, 0.2) is 5.96 Å². The molecular formula is C15H26IN5O4S. The van der Waals surface area contributed by atoms with Crippen molar-refractivity contribution in [2.24, 2.45) is 10.4 Å². The van der Waals surface area contributed by atoms with Crippen molar-refractivity contribution < 1.29 is 17.7 Å². The van der Waals surface area contributed by atoms with Crippen LogP contribution in [0, 0.1) is 5.41 Å². The molecule has 0 bridgehead atoms. The van der Waals surface area contributed by atoms with Crippen molar-refractivity contribution in [3.05, 3.63) is 18.0 Å². The number of aromatic nitrogens is 1. The number of hydrogen-bond donors (Lipinski definition) is 1. The first-order chi connectivity index (χ1) is 11.9. The normalized spacial score (nSPS) is 21.0. The van der Waals surface area contributed by atoms with Gasteiger partial charge in [-0.2, -0.15) is 4.31 Å². The third-order valence-electron chi connectivity index (χ3n) is 4.54. The minimum absolute atomic E-state index is 0. The fourth-order valence-corrected chi connectivity index (χ4v) is 4.37. The van der Waals surface area contributed by atoms with Crippen molar-refractivity contribution in [3.8, 4) is 0 Å². The first kappa shape index (κ1) is 21.4. The first-order valence-electron chi connectivity index (χ1n) is 8.32. The highest BCUT2D eigenvalue weighted by Crippen LogP contribution is 2.25. The van der Waals surface area contributed by atoms with Gasteiger partial charge in [-0.1, -0.05) is 12.1 Å². The maximum absolute atomic E-state index is 12.5. The molecule has 148 valence electrons. The molecule has 26 heavy (non-hydrogen) atoms. The van der Waals surface area contributed by atoms with E-state index in [2.05, 4.69) is 27.3 Å². The van der Waals surface area contributed by atoms with Gasteiger partial charge in [0.2, 0.25) is 10.0 Å². The average molecular weight is 499 g/mol. The molecule has 11 heteroatoms. The third-order valence-corrected chi connectivity index (χ3v) is 6.35. The van der Waals surface area contributed by atoms with Crippen LogP contribution >= 0.6 is 24.0 Å². The number of guanidine groups is 1. The van der Waals surface area contributed by atoms with Gasteiger partial charge < -0.3 is 19.5 Å². The Morgan fingerprint density at radius 1 is 1.35 bits per heavy atom. The van der Waals surface area contributed by atoms with Crippen molar-refractivity contribution in [1.82, 2.24) is 19.7 Å². The van der Waals surface area contributed by atoms with E-state index >= 15 is 0 Å². The van der Waals surface area contributed by atoms with Gasteiger partial charge in [0.25, 0.3) is 0 Å². The summed E-state index contributed by atoms with van der Waals surface area (Å²) < 4.78 is 36.4. The number of rotatable bonds is 5. The van der Waals surface area contributed by atoms with Crippen molar-refractivity contribution >= 4 is 40.0 Å². The van der Waals surface area contributed by atoms with Crippen molar-refractivity contribution in [3.63, 3.8) is 0 Å². The fraction of sp³-hybridized carbons (Fsp3) is 0.733. The molecule has 0 amide bonds. The van der Waals surface area contributed by atoms with Crippen LogP contribution in [0.1, 0.15) is 12.6 Å². The van der Waals surface area contributed by atoms with Gasteiger partial charge in [0, 0.05) is 51.3 Å². The van der Waals surface area contributed by atoms with E-state index in [0.717, 1.165) is 25.7 Å². The van der Waals surface area contributed by atoms with Crippen molar-refractivity contribution in [2.45, 2.75) is 12.7 Å². The molecule has 0 radical (unpaired) electrons. The smallest absolute Gasteiger partial charge is 0.220 e. The van der Waals surface area contributed by atoms with Crippen LogP contribution < -0.4 is 5.32 Å². The molecule has 3 rings (SSSR count). The van der Waals surface area contributed by atoms with E-state index in [4.69, 9.17) is 9.26 Å². The molecule has 0 aromatic carbocycles. The zero-order valence-electron chi connectivity index (χ0n) is 15.0. The third kappa shape index (κ3) is 5.08. The van der Waals surface area contributed by atoms with E-state index in [1.54, 1.807) is 13.1 Å². The standard InChI is InChI=1S/C15H25N5O4S.HI/c1-15(11-23-12-15)10-17-14(16-2)19-4-6-20(7-5-19)25(21,22)9-13-3-8-24-18-13;/h3,8H,4-7,9-12H2,1-2H3,(H,16,17);1H. The SMILES string of the molecule is CN=C(NCC1(C)COC1)N1CCN(S(=O)(=O)Cc2ccon2)CC1.I. The Hall–Kier alpha value is -0.920. The van der Waals surface area contributed by atoms with Gasteiger partial charge in [-0.05, 0) is 0 Å². The predicted octanol–water partition coefficient (Wildman–Crippen LogP) is 0.352. The van der Waals surface area contributed by atoms with E-state index in [-0.39, 0.29) is 35.1 Å². The predicted molar refractivity (Wildman–Crippen MR) is 108 cm³/mol. The van der Waals surface area contributed by atoms with Crippen LogP contribution in [-0.4, -0.2) is 81.7 Å². The highest BCUT2D eigenvalue weighted by Gasteiger charge is 2.34. The molecule has 9 nitrogen and oxygen atoms in total. The largest absolute Gasteiger partial charge is 0.380 e. The molecule has 0 atom stereocenters. The monoisotopic (exact) mass is 499 g/mol. The Kier molecular flexibility index (Phi) is 7.27. The van der Waals surface area contributed by atoms with Gasteiger partial charge >= 0.3 is 0 Å². The molecule has 2 aliphatic heterocycles. The van der Waals surface area contributed by atoms with Crippen molar-refractivity contribution in [1.29, 1.82) is 0 Å². The van der Waals surface area contributed by atoms with Gasteiger partial charge in [-0.25, -0.2) is 8.42 Å². The molecule has 1 aromatic heterocycles. The summed E-state index contributed by atoms with van der Waals surface area (Å²) in [5, 5.41) is 7.06. The molecule has 0 spiro atoms. The number of nitrogens with one attached hydrogen (secondary N) is 1. The average Bonchev–Trinajstić information content (AvgIpc) is 3.06. The van der Waals surface area contributed by atoms with E-state index in [1.165, 1.54) is 10.6 Å². The Bertz CT molecular complexity index is 698. The molecule has 1 aromatic rings. The Morgan fingerprint density at radius 2 is 2.04 bits per heavy atom. The summed E-state index contributed by atoms with van der Waals surface area (Å²) in [6.07, 6.45) is 1.38. The van der Waals surface area contributed by atoms with Crippen molar-refractivity contribution in [2.75, 3.05) is 53.0 Å². The number of ether oxygens (including phenoxy) is 1. The lowest BCUT2D eigenvalue weighted by Gasteiger charge is -2.40. The zero-order chi connectivity index (χ0) is 17.9. The first-order valence-corrected chi connectivity index (χ1v) is 9.93. The Balaban J connectivity index is 0.00000243. The van der Waals surface area contributed by atoms with Crippen LogP contribution in [0.25, 0.3) is 0 Å². The summed E-state index contributed by atoms with van der Waals surface area (Å²) >= 11 is 0. The Morgan fingerprint density at radius 3 is 2.54 bits per heavy atom. The molecule has 0 unspecified atom stereocenters. The van der Waals surface area contributed by atoms with E-state index in [9.17, 15) is 8.42 Å². The Labute approximate surface area is 171 Å². The van der Waals surface area contributed by atoms with Crippen LogP contribution in [0.3, 0.4) is 0 Å². The number of aliphatic imine (C=N–C) groups is 1. The second kappa shape index (κ2) is 8.85. The summed E-state index contributed by atoms with van der Waals surface area (Å²) in [6.45, 7) is 6.55. The number of nitrogens with zero attached hydrogens (tertiary/aromatic N) is 4. The summed E-state index contributed by atoms with van der Waals surface area (Å²) in [4.78, 5) is 6.41. The molecule has 2 aliphatic rings. The lowest BCUT2D eigenvalue weighted by atomic mass is 9.89. The summed E-state index contributed by atoms with van der Waals surface area (Å²) in [5.41, 5.74) is 0.578. The highest BCUT2D eigenvalue weighted by atomic mass is 127. The van der Waals surface area contributed by atoms with Gasteiger partial charge in [-0.3, -0.25) is 4.99 Å². The van der Waals surface area contributed by atoms with Gasteiger partial charge in [-0.15, -0.1) is 24.0 Å². The minimum Gasteiger partial charge on any atom is -0.380 e. The van der Waals surface area contributed by atoms with E-state index < -0.39 is 10.0 Å². The minimum atomic E-state index is -3.39. The molecular weight excluding hydrogens is 473 g/mol. The lowest BCUT2D eigenvalue weighted by molar-refractivity contribution is -0.0973. The molecule has 3 heterocycles. The molecule has 2 fully saturated rings. The molecule has 2 saturated heterocycles. The maximum Gasteiger partial charge on any atom is 0.220 e. The number of sulfonamides is 1. The van der Waals surface area contributed by atoms with E-state index in [0.29, 0.717) is 31.9 Å². The summed E-state index contributed by atoms with van der Waals surface area (Å²) in [7, 11) is -1.64. The number of piperazine rings is 1. The quantitative estimate of drug-likeness (QED) is 0.355. The zero-order valence-corrected chi connectivity index (χ0v) is 18.2. The van der Waals surface area contributed by atoms with Crippen LogP contribution in [0.15, 0.2) is 21.8 Å². The number of halogens is 1. The molecule has 0 saturated carbocycles. The summed E-state index contributed by atoms with van der Waals surface area (Å²) in [6, 6.07) is 1.57. The molecule has 0 aliphatic carbocycles. The molecule has 1 N–H and O–H groups in total. The second-order valence-electron chi connectivity index (χ2n) is 6.84. The lowest BCUT2D eigenvalue weighted by Crippen LogP contribution is -2.56. The second-order valence-corrected chi connectivity index (χ2v) is 8.81. The summed E-state index contributed by atoms with van der Waals surface area (Å²) in [5.74, 6) is 0.677. The van der Waals surface area contributed by atoms with Crippen LogP contribution in [0.5, 0.6) is 0 Å². The van der Waals surface area contributed by atoms with Crippen LogP contribution in [0.2, 0.25) is 0 Å². The van der Waals surface area contributed by atoms with Gasteiger partial charge in [0.1, 0.15) is 12.0 Å². The topological polar surface area (TPSA) is 100 Å². The van der Waals surface area contributed by atoms with Crippen LogP contribution in [-0.2, 0) is 20.5 Å². The maximum atomic E-state index is 12.5. The van der Waals surface area contributed by atoms with Crippen LogP contribution in [0.4, 0.5) is 0 Å². The van der Waals surface area contributed by atoms with E-state index in [1.807, 2.05) is 0 Å². The number of hydrogen-bond acceptors (Lipinski definition) is 6.